The summed E-state index contributed by atoms with van der Waals surface area (Å²) in [6.45, 7) is 2.56. The van der Waals surface area contributed by atoms with Gasteiger partial charge in [-0.3, -0.25) is 10.1 Å². The van der Waals surface area contributed by atoms with Crippen LogP contribution in [0, 0.1) is 18.3 Å². The summed E-state index contributed by atoms with van der Waals surface area (Å²) in [4.78, 5) is 21.6. The number of nitrogens with zero attached hydrogens (tertiary/aromatic N) is 8. The molecule has 228 valence electrons. The fourth-order valence-corrected chi connectivity index (χ4v) is 4.77. The van der Waals surface area contributed by atoms with Gasteiger partial charge in [0, 0.05) is 30.2 Å². The summed E-state index contributed by atoms with van der Waals surface area (Å²) in [5, 5.41) is 20.7. The minimum atomic E-state index is -4.55. The molecule has 2 aromatic carbocycles. The Morgan fingerprint density at radius 3 is 2.50 bits per heavy atom. The average Bonchev–Trinajstić information content (AvgIpc) is 3.58. The summed E-state index contributed by atoms with van der Waals surface area (Å²) in [5.41, 5.74) is 2.37. The highest BCUT2D eigenvalue weighted by molar-refractivity contribution is 5.91. The largest absolute Gasteiger partial charge is 1.00 e. The summed E-state index contributed by atoms with van der Waals surface area (Å²) in [7, 11) is 6.12. The van der Waals surface area contributed by atoms with E-state index in [2.05, 4.69) is 31.6 Å². The highest BCUT2D eigenvalue weighted by atomic mass is 79.9. The van der Waals surface area contributed by atoms with Crippen molar-refractivity contribution in [3.63, 3.8) is 0 Å². The van der Waals surface area contributed by atoms with Crippen molar-refractivity contribution >= 4 is 17.5 Å². The molecular formula is C30H29BrF3N9O. The number of alkyl halides is 3. The molecule has 0 unspecified atom stereocenters. The number of nitriles is 1. The molecule has 0 fully saturated rings. The van der Waals surface area contributed by atoms with E-state index < -0.39 is 11.7 Å². The number of pyridine rings is 1. The van der Waals surface area contributed by atoms with Gasteiger partial charge in [-0.15, -0.1) is 5.10 Å². The van der Waals surface area contributed by atoms with Crippen LogP contribution < -0.4 is 22.3 Å². The lowest BCUT2D eigenvalue weighted by Crippen LogP contribution is -3.00. The number of amides is 1. The molecule has 0 aliphatic carbocycles. The zero-order valence-electron chi connectivity index (χ0n) is 24.4. The fourth-order valence-electron chi connectivity index (χ4n) is 4.77. The number of aromatic nitrogens is 6. The molecule has 0 atom stereocenters. The number of benzene rings is 2. The third-order valence-corrected chi connectivity index (χ3v) is 6.88. The molecule has 0 aliphatic rings. The van der Waals surface area contributed by atoms with Gasteiger partial charge in [0.1, 0.15) is 6.33 Å². The van der Waals surface area contributed by atoms with Gasteiger partial charge < -0.3 is 21.5 Å². The summed E-state index contributed by atoms with van der Waals surface area (Å²) in [5.74, 6) is 0.176. The lowest BCUT2D eigenvalue weighted by molar-refractivity contribution is -0.870. The van der Waals surface area contributed by atoms with Gasteiger partial charge in [-0.25, -0.2) is 14.2 Å². The summed E-state index contributed by atoms with van der Waals surface area (Å²) in [6, 6.07) is 13.8. The van der Waals surface area contributed by atoms with Crippen LogP contribution in [0.25, 0.3) is 33.8 Å². The lowest BCUT2D eigenvalue weighted by Gasteiger charge is -2.23. The molecule has 14 heteroatoms. The maximum Gasteiger partial charge on any atom is 0.416 e. The Labute approximate surface area is 262 Å². The number of rotatable bonds is 8. The van der Waals surface area contributed by atoms with E-state index in [1.54, 1.807) is 48.1 Å². The molecule has 10 nitrogen and oxygen atoms in total. The maximum atomic E-state index is 13.7. The van der Waals surface area contributed by atoms with Gasteiger partial charge in [-0.1, -0.05) is 12.1 Å². The molecule has 0 radical (unpaired) electrons. The Balaban J connectivity index is 0.00000442. The summed E-state index contributed by atoms with van der Waals surface area (Å²) < 4.78 is 44.8. The number of carbonyl (C=O) groups excluding carboxylic acids is 1. The molecule has 1 amide bonds. The van der Waals surface area contributed by atoms with Gasteiger partial charge in [0.2, 0.25) is 11.9 Å². The normalized spacial score (nSPS) is 11.7. The van der Waals surface area contributed by atoms with E-state index in [4.69, 9.17) is 0 Å². The van der Waals surface area contributed by atoms with E-state index in [9.17, 15) is 23.2 Å². The van der Waals surface area contributed by atoms with Crippen LogP contribution in [-0.4, -0.2) is 67.4 Å². The number of fused-ring (bicyclic) bond motifs is 1. The van der Waals surface area contributed by atoms with Crippen LogP contribution in [-0.2, 0) is 11.0 Å². The van der Waals surface area contributed by atoms with Crippen molar-refractivity contribution in [2.45, 2.75) is 25.9 Å². The molecule has 5 rings (SSSR count). The molecule has 3 aromatic heterocycles. The Hall–Kier alpha value is -4.61. The zero-order chi connectivity index (χ0) is 30.9. The van der Waals surface area contributed by atoms with Gasteiger partial charge in [0.25, 0.3) is 0 Å². The van der Waals surface area contributed by atoms with E-state index in [1.165, 1.54) is 16.9 Å². The highest BCUT2D eigenvalue weighted by Gasteiger charge is 2.31. The topological polar surface area (TPSA) is 114 Å². The maximum absolute atomic E-state index is 13.7. The van der Waals surface area contributed by atoms with Gasteiger partial charge >= 0.3 is 6.18 Å². The van der Waals surface area contributed by atoms with E-state index >= 15 is 0 Å². The lowest BCUT2D eigenvalue weighted by atomic mass is 9.96. The standard InChI is InChI=1S/C30H28F3N9O.BrH/c1-19-24(27-35-18-36-41(27)23-12-10-20(16-34)11-13-23)17-40-28(26(19)21-7-5-8-22(15-21)30(31,32)33)38-29(39-40)37-25(43)9-6-14-42(2,3)4;/h5,7-8,10-13,15,17-18H,6,9,14H2,1-4H3;1H. The Kier molecular flexibility index (Phi) is 9.22. The average molecular weight is 669 g/mol. The Bertz CT molecular complexity index is 1850. The van der Waals surface area contributed by atoms with Crippen LogP contribution in [0.15, 0.2) is 61.1 Å². The smallest absolute Gasteiger partial charge is 0.416 e. The van der Waals surface area contributed by atoms with Crippen molar-refractivity contribution in [3.05, 3.63) is 77.7 Å². The first kappa shape index (κ1) is 32.3. The molecule has 3 heterocycles. The quantitative estimate of drug-likeness (QED) is 0.254. The van der Waals surface area contributed by atoms with Crippen molar-refractivity contribution in [3.8, 4) is 34.3 Å². The molecular weight excluding hydrogens is 639 g/mol. The van der Waals surface area contributed by atoms with Gasteiger partial charge in [-0.05, 0) is 54.4 Å². The second kappa shape index (κ2) is 12.6. The van der Waals surface area contributed by atoms with E-state index in [0.717, 1.165) is 23.2 Å². The highest BCUT2D eigenvalue weighted by Crippen LogP contribution is 2.38. The second-order valence-electron chi connectivity index (χ2n) is 11.1. The SMILES string of the molecule is Cc1c(-c2ncnn2-c2ccc(C#N)cc2)cn2nc(NC(=O)CCC[N+](C)(C)C)nc2c1-c1cccc(C(F)(F)F)c1.[Br-]. The number of halogens is 4. The van der Waals surface area contributed by atoms with Crippen LogP contribution in [0.4, 0.5) is 19.1 Å². The van der Waals surface area contributed by atoms with Crippen LogP contribution in [0.2, 0.25) is 0 Å². The first-order valence-electron chi connectivity index (χ1n) is 13.4. The van der Waals surface area contributed by atoms with Crippen molar-refractivity contribution < 1.29 is 39.4 Å². The predicted molar refractivity (Wildman–Crippen MR) is 154 cm³/mol. The number of carbonyl (C=O) groups is 1. The molecule has 44 heavy (non-hydrogen) atoms. The minimum absolute atomic E-state index is 0. The summed E-state index contributed by atoms with van der Waals surface area (Å²) >= 11 is 0. The number of anilines is 1. The van der Waals surface area contributed by atoms with E-state index in [1.807, 2.05) is 21.1 Å². The van der Waals surface area contributed by atoms with Crippen LogP contribution in [0.1, 0.15) is 29.5 Å². The number of nitrogens with one attached hydrogen (secondary N) is 1. The monoisotopic (exact) mass is 667 g/mol. The van der Waals surface area contributed by atoms with Crippen molar-refractivity contribution in [2.75, 3.05) is 33.0 Å². The van der Waals surface area contributed by atoms with Crippen molar-refractivity contribution in [1.29, 1.82) is 5.26 Å². The fraction of sp³-hybridized carbons (Fsp3) is 0.267. The molecule has 0 aliphatic heterocycles. The Morgan fingerprint density at radius 1 is 1.11 bits per heavy atom. The third-order valence-electron chi connectivity index (χ3n) is 6.88. The first-order valence-corrected chi connectivity index (χ1v) is 13.4. The van der Waals surface area contributed by atoms with Crippen LogP contribution >= 0.6 is 0 Å². The van der Waals surface area contributed by atoms with Crippen LogP contribution in [0.5, 0.6) is 0 Å². The molecule has 0 spiro atoms. The zero-order valence-corrected chi connectivity index (χ0v) is 26.0. The van der Waals surface area contributed by atoms with E-state index in [0.29, 0.717) is 40.2 Å². The first-order chi connectivity index (χ1) is 20.3. The predicted octanol–water partition coefficient (Wildman–Crippen LogP) is 2.27. The number of quaternary nitrogens is 1. The minimum Gasteiger partial charge on any atom is -1.00 e. The molecule has 0 bridgehead atoms. The third kappa shape index (κ3) is 6.95. The van der Waals surface area contributed by atoms with Crippen molar-refractivity contribution in [1.82, 2.24) is 29.4 Å². The Morgan fingerprint density at radius 2 is 1.84 bits per heavy atom. The van der Waals surface area contributed by atoms with E-state index in [-0.39, 0.29) is 46.5 Å². The van der Waals surface area contributed by atoms with Crippen molar-refractivity contribution in [2.24, 2.45) is 0 Å². The summed E-state index contributed by atoms with van der Waals surface area (Å²) in [6.07, 6.45) is -0.599. The molecule has 5 aromatic rings. The number of hydrogen-bond acceptors (Lipinski definition) is 6. The molecule has 0 saturated carbocycles. The van der Waals surface area contributed by atoms with Gasteiger partial charge in [-0.2, -0.15) is 28.5 Å². The van der Waals surface area contributed by atoms with Gasteiger partial charge in [0.05, 0.1) is 50.6 Å². The second-order valence-corrected chi connectivity index (χ2v) is 11.1. The molecule has 0 saturated heterocycles. The number of hydrogen-bond donors (Lipinski definition) is 1. The van der Waals surface area contributed by atoms with Gasteiger partial charge in [0.15, 0.2) is 11.5 Å². The van der Waals surface area contributed by atoms with Crippen LogP contribution in [0.3, 0.4) is 0 Å². The molecule has 1 N–H and O–H groups in total.